The van der Waals surface area contributed by atoms with Crippen molar-refractivity contribution in [2.24, 2.45) is 10.3 Å². The van der Waals surface area contributed by atoms with E-state index < -0.39 is 0 Å². The van der Waals surface area contributed by atoms with Gasteiger partial charge in [-0.3, -0.25) is 4.79 Å². The van der Waals surface area contributed by atoms with Gasteiger partial charge in [0.2, 0.25) is 0 Å². The maximum atomic E-state index is 12.1. The van der Waals surface area contributed by atoms with Crippen LogP contribution in [0, 0.1) is 12.3 Å². The molecule has 0 spiro atoms. The summed E-state index contributed by atoms with van der Waals surface area (Å²) in [5.74, 6) is 2.43. The van der Waals surface area contributed by atoms with Gasteiger partial charge in [0.1, 0.15) is 11.4 Å². The SMILES string of the molecule is C#CCO/N=C(C)/C(CC)=N/Oc1ccccc1/C(=C/OC)C(=O)NC. The van der Waals surface area contributed by atoms with E-state index in [0.717, 1.165) is 0 Å². The molecule has 138 valence electrons. The quantitative estimate of drug-likeness (QED) is 0.184. The number of nitrogens with zero attached hydrogens (tertiary/aromatic N) is 2. The second-order valence-corrected chi connectivity index (χ2v) is 4.98. The number of ether oxygens (including phenoxy) is 1. The van der Waals surface area contributed by atoms with Crippen molar-refractivity contribution in [1.29, 1.82) is 0 Å². The summed E-state index contributed by atoms with van der Waals surface area (Å²) >= 11 is 0. The largest absolute Gasteiger partial charge is 0.504 e. The van der Waals surface area contributed by atoms with Crippen LogP contribution in [0.25, 0.3) is 5.57 Å². The number of oxime groups is 2. The molecule has 0 aliphatic heterocycles. The number of likely N-dealkylation sites (N-methyl/N-ethyl adjacent to an activating group) is 1. The van der Waals surface area contributed by atoms with Gasteiger partial charge >= 0.3 is 0 Å². The number of para-hydroxylation sites is 1. The summed E-state index contributed by atoms with van der Waals surface area (Å²) in [7, 11) is 3.01. The van der Waals surface area contributed by atoms with E-state index in [1.807, 2.05) is 6.92 Å². The molecule has 7 nitrogen and oxygen atoms in total. The van der Waals surface area contributed by atoms with Gasteiger partial charge in [-0.15, -0.1) is 6.42 Å². The number of hydrogen-bond acceptors (Lipinski definition) is 6. The zero-order valence-electron chi connectivity index (χ0n) is 15.4. The van der Waals surface area contributed by atoms with E-state index in [2.05, 4.69) is 21.5 Å². The maximum Gasteiger partial charge on any atom is 0.254 e. The highest BCUT2D eigenvalue weighted by atomic mass is 16.6. The van der Waals surface area contributed by atoms with Crippen LogP contribution in [0.2, 0.25) is 0 Å². The van der Waals surface area contributed by atoms with Gasteiger partial charge in [0, 0.05) is 12.6 Å². The monoisotopic (exact) mass is 357 g/mol. The molecule has 0 aromatic heterocycles. The van der Waals surface area contributed by atoms with Crippen molar-refractivity contribution in [3.05, 3.63) is 36.1 Å². The molecule has 1 aromatic rings. The lowest BCUT2D eigenvalue weighted by molar-refractivity contribution is -0.115. The summed E-state index contributed by atoms with van der Waals surface area (Å²) in [6.45, 7) is 3.74. The number of carbonyl (C=O) groups is 1. The van der Waals surface area contributed by atoms with Crippen LogP contribution in [-0.2, 0) is 14.4 Å². The van der Waals surface area contributed by atoms with Crippen LogP contribution in [0.4, 0.5) is 0 Å². The number of hydrogen-bond donors (Lipinski definition) is 1. The van der Waals surface area contributed by atoms with Crippen molar-refractivity contribution >= 4 is 22.9 Å². The van der Waals surface area contributed by atoms with Crippen LogP contribution in [0.3, 0.4) is 0 Å². The molecule has 0 radical (unpaired) electrons. The van der Waals surface area contributed by atoms with Gasteiger partial charge in [-0.05, 0) is 19.4 Å². The van der Waals surface area contributed by atoms with E-state index in [-0.39, 0.29) is 12.5 Å². The minimum absolute atomic E-state index is 0.0787. The van der Waals surface area contributed by atoms with Crippen LogP contribution in [0.1, 0.15) is 25.8 Å². The lowest BCUT2D eigenvalue weighted by Gasteiger charge is -2.11. The first-order valence-electron chi connectivity index (χ1n) is 7.97. The fourth-order valence-corrected chi connectivity index (χ4v) is 1.97. The van der Waals surface area contributed by atoms with Gasteiger partial charge in [-0.1, -0.05) is 41.4 Å². The Morgan fingerprint density at radius 2 is 2.08 bits per heavy atom. The van der Waals surface area contributed by atoms with Gasteiger partial charge in [0.25, 0.3) is 5.91 Å². The highest BCUT2D eigenvalue weighted by molar-refractivity contribution is 6.41. The van der Waals surface area contributed by atoms with Crippen molar-refractivity contribution in [1.82, 2.24) is 5.32 Å². The predicted octanol–water partition coefficient (Wildman–Crippen LogP) is 2.59. The number of amides is 1. The van der Waals surface area contributed by atoms with E-state index in [9.17, 15) is 4.79 Å². The molecule has 26 heavy (non-hydrogen) atoms. The first-order chi connectivity index (χ1) is 12.6. The number of terminal acetylenes is 1. The topological polar surface area (TPSA) is 81.5 Å². The molecule has 0 aliphatic rings. The third kappa shape index (κ3) is 5.98. The molecule has 0 saturated heterocycles. The Morgan fingerprint density at radius 1 is 1.35 bits per heavy atom. The van der Waals surface area contributed by atoms with Crippen LogP contribution in [-0.4, -0.2) is 38.1 Å². The van der Waals surface area contributed by atoms with Crippen molar-refractivity contribution < 1.29 is 19.2 Å². The molecular weight excluding hydrogens is 334 g/mol. The Bertz CT molecular complexity index is 745. The van der Waals surface area contributed by atoms with Crippen LogP contribution in [0.5, 0.6) is 5.75 Å². The first-order valence-corrected chi connectivity index (χ1v) is 7.97. The van der Waals surface area contributed by atoms with Gasteiger partial charge in [-0.2, -0.15) is 0 Å². The lowest BCUT2D eigenvalue weighted by atomic mass is 10.1. The van der Waals surface area contributed by atoms with Crippen molar-refractivity contribution in [2.45, 2.75) is 20.3 Å². The molecule has 1 rings (SSSR count). The number of methoxy groups -OCH3 is 1. The fraction of sp³-hybridized carbons (Fsp3) is 0.316. The van der Waals surface area contributed by atoms with Gasteiger partial charge in [0.15, 0.2) is 12.4 Å². The molecule has 0 heterocycles. The third-order valence-corrected chi connectivity index (χ3v) is 3.24. The molecule has 7 heteroatoms. The van der Waals surface area contributed by atoms with Crippen LogP contribution >= 0.6 is 0 Å². The molecule has 0 saturated carbocycles. The predicted molar refractivity (Wildman–Crippen MR) is 102 cm³/mol. The summed E-state index contributed by atoms with van der Waals surface area (Å²) in [5.41, 5.74) is 2.01. The van der Waals surface area contributed by atoms with E-state index in [1.165, 1.54) is 13.4 Å². The van der Waals surface area contributed by atoms with E-state index >= 15 is 0 Å². The second kappa shape index (κ2) is 11.3. The van der Waals surface area contributed by atoms with Crippen molar-refractivity contribution in [3.63, 3.8) is 0 Å². The number of rotatable bonds is 9. The minimum Gasteiger partial charge on any atom is -0.504 e. The number of benzene rings is 1. The van der Waals surface area contributed by atoms with Crippen LogP contribution < -0.4 is 10.2 Å². The summed E-state index contributed by atoms with van der Waals surface area (Å²) in [6.07, 6.45) is 7.05. The molecule has 1 aromatic carbocycles. The second-order valence-electron chi connectivity index (χ2n) is 4.98. The van der Waals surface area contributed by atoms with Crippen molar-refractivity contribution in [3.8, 4) is 18.1 Å². The van der Waals surface area contributed by atoms with E-state index in [0.29, 0.717) is 34.7 Å². The zero-order chi connectivity index (χ0) is 19.4. The molecular formula is C19H23N3O4. The van der Waals surface area contributed by atoms with Gasteiger partial charge in [-0.25, -0.2) is 0 Å². The smallest absolute Gasteiger partial charge is 0.254 e. The minimum atomic E-state index is -0.303. The lowest BCUT2D eigenvalue weighted by Crippen LogP contribution is -2.19. The first kappa shape index (κ1) is 20.8. The Hall–Kier alpha value is -3.27. The van der Waals surface area contributed by atoms with E-state index in [1.54, 1.807) is 38.2 Å². The van der Waals surface area contributed by atoms with Gasteiger partial charge < -0.3 is 19.7 Å². The highest BCUT2D eigenvalue weighted by Crippen LogP contribution is 2.26. The zero-order valence-corrected chi connectivity index (χ0v) is 15.4. The Labute approximate surface area is 153 Å². The average Bonchev–Trinajstić information content (AvgIpc) is 2.66. The molecule has 1 N–H and O–H groups in total. The summed E-state index contributed by atoms with van der Waals surface area (Å²) in [4.78, 5) is 22.6. The molecule has 0 aliphatic carbocycles. The Kier molecular flexibility index (Phi) is 9.04. The molecule has 1 amide bonds. The molecule has 0 unspecified atom stereocenters. The Morgan fingerprint density at radius 3 is 2.69 bits per heavy atom. The number of nitrogens with one attached hydrogen (secondary N) is 1. The third-order valence-electron chi connectivity index (χ3n) is 3.24. The summed E-state index contributed by atoms with van der Waals surface area (Å²) in [5, 5.41) is 10.6. The van der Waals surface area contributed by atoms with Crippen LogP contribution in [0.15, 0.2) is 40.8 Å². The molecule has 0 atom stereocenters. The standard InChI is InChI=1S/C19H23N3O4/c1-6-12-25-21-14(3)17(7-2)22-26-18-11-9-8-10-15(18)16(13-24-5)19(23)20-4/h1,8-11,13H,7,12H2,2-5H3,(H,20,23)/b16-13-,21-14+,22-17+. The molecule has 0 bridgehead atoms. The average molecular weight is 357 g/mol. The normalized spacial score (nSPS) is 12.2. The number of carbonyl (C=O) groups excluding carboxylic acids is 1. The summed E-state index contributed by atoms with van der Waals surface area (Å²) < 4.78 is 5.01. The fourth-order valence-electron chi connectivity index (χ4n) is 1.97. The maximum absolute atomic E-state index is 12.1. The van der Waals surface area contributed by atoms with Gasteiger partial charge in [0.05, 0.1) is 18.9 Å². The summed E-state index contributed by atoms with van der Waals surface area (Å²) in [6, 6.07) is 7.03. The Balaban J connectivity index is 3.14. The molecule has 0 fully saturated rings. The highest BCUT2D eigenvalue weighted by Gasteiger charge is 2.16. The van der Waals surface area contributed by atoms with E-state index in [4.69, 9.17) is 20.8 Å². The van der Waals surface area contributed by atoms with Crippen molar-refractivity contribution in [2.75, 3.05) is 20.8 Å².